The number of alkyl halides is 3. The van der Waals surface area contributed by atoms with Crippen molar-refractivity contribution in [3.05, 3.63) is 23.2 Å². The molecule has 0 radical (unpaired) electrons. The number of aliphatic hydroxyl groups is 1. The van der Waals surface area contributed by atoms with Gasteiger partial charge in [-0.1, -0.05) is 23.9 Å². The van der Waals surface area contributed by atoms with Crippen LogP contribution in [0.4, 0.5) is 18.0 Å². The van der Waals surface area contributed by atoms with Crippen LogP contribution in [0.5, 0.6) is 0 Å². The van der Waals surface area contributed by atoms with E-state index < -0.39 is 30.3 Å². The van der Waals surface area contributed by atoms with E-state index in [1.807, 2.05) is 0 Å². The first kappa shape index (κ1) is 24.5. The molecule has 2 rings (SSSR count). The van der Waals surface area contributed by atoms with E-state index in [1.165, 1.54) is 40.3 Å². The van der Waals surface area contributed by atoms with Crippen molar-refractivity contribution in [3.63, 3.8) is 0 Å². The van der Waals surface area contributed by atoms with E-state index in [0.29, 0.717) is 16.6 Å². The molecule has 0 bridgehead atoms. The SMILES string of the molecule is C[C@](O)(CC=C[C@H]1COC(=O)N1CCSc1nc(C(=O)O)cs1)CCCC(F)(F)F. The minimum Gasteiger partial charge on any atom is -0.476 e. The quantitative estimate of drug-likeness (QED) is 0.371. The van der Waals surface area contributed by atoms with Crippen molar-refractivity contribution in [1.29, 1.82) is 0 Å². The normalized spacial score (nSPS) is 19.3. The first-order valence-electron chi connectivity index (χ1n) is 9.18. The molecule has 0 spiro atoms. The minimum atomic E-state index is -4.24. The lowest BCUT2D eigenvalue weighted by Crippen LogP contribution is -2.34. The number of ether oxygens (including phenoxy) is 1. The maximum Gasteiger partial charge on any atom is 0.410 e. The molecule has 1 aliphatic rings. The number of nitrogens with zero attached hydrogens (tertiary/aromatic N) is 2. The molecule has 0 unspecified atom stereocenters. The van der Waals surface area contributed by atoms with Crippen molar-refractivity contribution in [2.45, 2.75) is 54.8 Å². The fourth-order valence-corrected chi connectivity index (χ4v) is 4.59. The average Bonchev–Trinajstić information content (AvgIpc) is 3.22. The van der Waals surface area contributed by atoms with Crippen molar-refractivity contribution in [2.75, 3.05) is 18.9 Å². The standard InChI is InChI=1S/C18H23F3N2O5S2/c1-17(27,6-3-7-18(19,20)21)5-2-4-12-10-28-16(26)23(12)8-9-29-15-22-13(11-30-15)14(24)25/h2,4,11-12,27H,3,5-10H2,1H3,(H,24,25)/t12-,17-/m0/s1. The van der Waals surface area contributed by atoms with Crippen LogP contribution in [0, 0.1) is 0 Å². The van der Waals surface area contributed by atoms with Crippen molar-refractivity contribution >= 4 is 35.2 Å². The average molecular weight is 469 g/mol. The molecular weight excluding hydrogens is 445 g/mol. The molecule has 1 amide bonds. The number of hydrogen-bond donors (Lipinski definition) is 2. The van der Waals surface area contributed by atoms with Crippen LogP contribution in [0.2, 0.25) is 0 Å². The third kappa shape index (κ3) is 8.15. The van der Waals surface area contributed by atoms with Gasteiger partial charge < -0.3 is 14.9 Å². The van der Waals surface area contributed by atoms with Crippen LogP contribution in [0.25, 0.3) is 0 Å². The fourth-order valence-electron chi connectivity index (χ4n) is 2.79. The molecule has 168 valence electrons. The number of thiazole rings is 1. The largest absolute Gasteiger partial charge is 0.476 e. The first-order chi connectivity index (χ1) is 14.0. The van der Waals surface area contributed by atoms with Crippen molar-refractivity contribution < 1.29 is 37.7 Å². The fraction of sp³-hybridized carbons (Fsp3) is 0.611. The summed E-state index contributed by atoms with van der Waals surface area (Å²) < 4.78 is 42.3. The molecule has 1 aromatic heterocycles. The molecule has 1 saturated heterocycles. The lowest BCUT2D eigenvalue weighted by molar-refractivity contribution is -0.137. The number of carbonyl (C=O) groups is 2. The molecule has 1 aromatic rings. The van der Waals surface area contributed by atoms with Crippen molar-refractivity contribution in [3.8, 4) is 0 Å². The van der Waals surface area contributed by atoms with Gasteiger partial charge in [0.2, 0.25) is 0 Å². The van der Waals surface area contributed by atoms with Gasteiger partial charge >= 0.3 is 18.2 Å². The van der Waals surface area contributed by atoms with Crippen LogP contribution >= 0.6 is 23.1 Å². The summed E-state index contributed by atoms with van der Waals surface area (Å²) in [5.41, 5.74) is -1.29. The number of halogens is 3. The van der Waals surface area contributed by atoms with E-state index in [4.69, 9.17) is 9.84 Å². The molecule has 30 heavy (non-hydrogen) atoms. The summed E-state index contributed by atoms with van der Waals surface area (Å²) in [5, 5.41) is 20.6. The highest BCUT2D eigenvalue weighted by Gasteiger charge is 2.31. The van der Waals surface area contributed by atoms with Crippen molar-refractivity contribution in [2.24, 2.45) is 0 Å². The molecule has 1 aliphatic heterocycles. The molecule has 2 atom stereocenters. The van der Waals surface area contributed by atoms with Crippen LogP contribution in [-0.4, -0.2) is 68.9 Å². The topological polar surface area (TPSA) is 100.0 Å². The van der Waals surface area contributed by atoms with Crippen LogP contribution in [0.1, 0.15) is 43.1 Å². The number of rotatable bonds is 11. The van der Waals surface area contributed by atoms with Crippen LogP contribution in [0.3, 0.4) is 0 Å². The lowest BCUT2D eigenvalue weighted by Gasteiger charge is -2.22. The smallest absolute Gasteiger partial charge is 0.410 e. The summed E-state index contributed by atoms with van der Waals surface area (Å²) in [5.74, 6) is -0.609. The predicted molar refractivity (Wildman–Crippen MR) is 106 cm³/mol. The van der Waals surface area contributed by atoms with Crippen molar-refractivity contribution in [1.82, 2.24) is 9.88 Å². The van der Waals surface area contributed by atoms with E-state index in [-0.39, 0.29) is 37.6 Å². The Kier molecular flexibility index (Phi) is 8.56. The Morgan fingerprint density at radius 1 is 1.47 bits per heavy atom. The molecule has 12 heteroatoms. The number of cyclic esters (lactones) is 1. The maximum absolute atomic E-state index is 12.2. The summed E-state index contributed by atoms with van der Waals surface area (Å²) in [7, 11) is 0. The number of aromatic carboxylic acids is 1. The summed E-state index contributed by atoms with van der Waals surface area (Å²) >= 11 is 2.54. The highest BCUT2D eigenvalue weighted by Crippen LogP contribution is 2.27. The van der Waals surface area contributed by atoms with Gasteiger partial charge in [-0.3, -0.25) is 4.90 Å². The zero-order valence-electron chi connectivity index (χ0n) is 16.2. The first-order valence-corrected chi connectivity index (χ1v) is 11.0. The van der Waals surface area contributed by atoms with E-state index in [9.17, 15) is 27.9 Å². The summed E-state index contributed by atoms with van der Waals surface area (Å²) in [6, 6.07) is -0.338. The number of amides is 1. The number of hydrogen-bond acceptors (Lipinski definition) is 7. The second-order valence-electron chi connectivity index (χ2n) is 7.09. The Morgan fingerprint density at radius 2 is 2.20 bits per heavy atom. The number of carboxylic acid groups (broad SMARTS) is 1. The highest BCUT2D eigenvalue weighted by atomic mass is 32.2. The molecule has 1 fully saturated rings. The number of thioether (sulfide) groups is 1. The summed E-state index contributed by atoms with van der Waals surface area (Å²) in [4.78, 5) is 28.2. The summed E-state index contributed by atoms with van der Waals surface area (Å²) in [6.45, 7) is 1.98. The third-order valence-corrected chi connectivity index (χ3v) is 6.37. The van der Waals surface area contributed by atoms with Gasteiger partial charge in [-0.2, -0.15) is 13.2 Å². The van der Waals surface area contributed by atoms with Gasteiger partial charge in [0.15, 0.2) is 10.0 Å². The van der Waals surface area contributed by atoms with Gasteiger partial charge in [-0.05, 0) is 26.2 Å². The Morgan fingerprint density at radius 3 is 2.83 bits per heavy atom. The molecule has 0 saturated carbocycles. The van der Waals surface area contributed by atoms with Gasteiger partial charge in [-0.25, -0.2) is 14.6 Å². The van der Waals surface area contributed by atoms with E-state index in [2.05, 4.69) is 4.98 Å². The third-order valence-electron chi connectivity index (χ3n) is 4.36. The van der Waals surface area contributed by atoms with Gasteiger partial charge in [0.05, 0.1) is 11.6 Å². The summed E-state index contributed by atoms with van der Waals surface area (Å²) in [6.07, 6.45) is -2.26. The molecular formula is C18H23F3N2O5S2. The zero-order valence-corrected chi connectivity index (χ0v) is 17.9. The zero-order chi connectivity index (χ0) is 22.4. The predicted octanol–water partition coefficient (Wildman–Crippen LogP) is 4.18. The van der Waals surface area contributed by atoms with E-state index in [1.54, 1.807) is 12.2 Å². The number of aromatic nitrogens is 1. The second kappa shape index (κ2) is 10.5. The molecule has 0 aromatic carbocycles. The highest BCUT2D eigenvalue weighted by molar-refractivity contribution is 8.01. The van der Waals surface area contributed by atoms with Gasteiger partial charge in [-0.15, -0.1) is 11.3 Å². The maximum atomic E-state index is 12.2. The second-order valence-corrected chi connectivity index (χ2v) is 9.29. The Bertz CT molecular complexity index is 767. The number of carboxylic acids is 1. The van der Waals surface area contributed by atoms with E-state index >= 15 is 0 Å². The monoisotopic (exact) mass is 468 g/mol. The molecule has 2 heterocycles. The van der Waals surface area contributed by atoms with E-state index in [0.717, 1.165) is 0 Å². The Labute approximate surface area is 179 Å². The number of carbonyl (C=O) groups excluding carboxylic acids is 1. The minimum absolute atomic E-state index is 0.0173. The van der Waals surface area contributed by atoms with Crippen LogP contribution in [0.15, 0.2) is 21.9 Å². The van der Waals surface area contributed by atoms with Gasteiger partial charge in [0.1, 0.15) is 6.61 Å². The Hall–Kier alpha value is -1.79. The lowest BCUT2D eigenvalue weighted by atomic mass is 9.94. The van der Waals surface area contributed by atoms with Gasteiger partial charge in [0.25, 0.3) is 0 Å². The van der Waals surface area contributed by atoms with Gasteiger partial charge in [0, 0.05) is 24.1 Å². The Balaban J connectivity index is 1.79. The van der Waals surface area contributed by atoms with Crippen LogP contribution in [-0.2, 0) is 4.74 Å². The van der Waals surface area contributed by atoms with Crippen LogP contribution < -0.4 is 0 Å². The molecule has 2 N–H and O–H groups in total. The molecule has 0 aliphatic carbocycles. The molecule has 7 nitrogen and oxygen atoms in total.